The second-order valence-electron chi connectivity index (χ2n) is 5.36. The Balaban J connectivity index is 2.66. The molecule has 6 heteroatoms. The minimum absolute atomic E-state index is 0.0683. The lowest BCUT2D eigenvalue weighted by molar-refractivity contribution is 0.133. The fourth-order valence-corrected chi connectivity index (χ4v) is 2.83. The highest BCUT2D eigenvalue weighted by molar-refractivity contribution is 6.31. The van der Waals surface area contributed by atoms with Crippen LogP contribution in [0.3, 0.4) is 0 Å². The number of imidazole rings is 1. The normalized spacial score (nSPS) is 13.3. The smallest absolute Gasteiger partial charge is 0.144 e. The van der Waals surface area contributed by atoms with E-state index in [9.17, 15) is 4.39 Å². The van der Waals surface area contributed by atoms with Gasteiger partial charge in [-0.25, -0.2) is 9.37 Å². The summed E-state index contributed by atoms with van der Waals surface area (Å²) in [5.41, 5.74) is 1.41. The molecular formula is C15H19Cl2FN2O. The Morgan fingerprint density at radius 3 is 2.67 bits per heavy atom. The van der Waals surface area contributed by atoms with E-state index < -0.39 is 5.82 Å². The number of rotatable bonds is 6. The van der Waals surface area contributed by atoms with Gasteiger partial charge in [-0.1, -0.05) is 25.4 Å². The van der Waals surface area contributed by atoms with E-state index in [1.807, 2.05) is 4.57 Å². The molecule has 0 spiro atoms. The first-order chi connectivity index (χ1) is 9.99. The zero-order valence-corrected chi connectivity index (χ0v) is 13.9. The van der Waals surface area contributed by atoms with Crippen LogP contribution in [0.25, 0.3) is 11.0 Å². The molecule has 0 fully saturated rings. The number of fused-ring (bicyclic) bond motifs is 1. The molecule has 116 valence electrons. The summed E-state index contributed by atoms with van der Waals surface area (Å²) in [4.78, 5) is 4.56. The van der Waals surface area contributed by atoms with Gasteiger partial charge in [0.05, 0.1) is 28.7 Å². The zero-order chi connectivity index (χ0) is 15.6. The predicted molar refractivity (Wildman–Crippen MR) is 84.9 cm³/mol. The number of nitrogens with zero attached hydrogens (tertiary/aromatic N) is 2. The number of ether oxygens (including phenoxy) is 1. The number of benzene rings is 1. The van der Waals surface area contributed by atoms with Crippen LogP contribution in [0.5, 0.6) is 0 Å². The van der Waals surface area contributed by atoms with Crippen LogP contribution < -0.4 is 0 Å². The molecule has 0 aliphatic carbocycles. The van der Waals surface area contributed by atoms with Gasteiger partial charge in [-0.3, -0.25) is 0 Å². The van der Waals surface area contributed by atoms with Crippen molar-refractivity contribution in [2.45, 2.75) is 26.3 Å². The van der Waals surface area contributed by atoms with Crippen molar-refractivity contribution in [1.29, 1.82) is 0 Å². The van der Waals surface area contributed by atoms with Gasteiger partial charge in [-0.05, 0) is 12.0 Å². The van der Waals surface area contributed by atoms with Crippen molar-refractivity contribution in [3.05, 3.63) is 28.8 Å². The Kier molecular flexibility index (Phi) is 5.47. The quantitative estimate of drug-likeness (QED) is 0.730. The molecule has 0 N–H and O–H groups in total. The van der Waals surface area contributed by atoms with E-state index in [1.165, 1.54) is 6.07 Å². The second kappa shape index (κ2) is 6.95. The van der Waals surface area contributed by atoms with Crippen molar-refractivity contribution in [1.82, 2.24) is 9.55 Å². The largest absolute Gasteiger partial charge is 0.383 e. The van der Waals surface area contributed by atoms with Crippen molar-refractivity contribution < 1.29 is 9.13 Å². The SMILES string of the molecule is COCC(C(C)C)n1c(CCCl)nc2cc(Cl)c(F)cc21. The number of hydrogen-bond acceptors (Lipinski definition) is 2. The van der Waals surface area contributed by atoms with Crippen molar-refractivity contribution >= 4 is 34.2 Å². The maximum absolute atomic E-state index is 13.8. The highest BCUT2D eigenvalue weighted by Crippen LogP contribution is 2.30. The molecular weight excluding hydrogens is 314 g/mol. The lowest BCUT2D eigenvalue weighted by Crippen LogP contribution is -2.22. The molecule has 1 atom stereocenters. The van der Waals surface area contributed by atoms with Crippen LogP contribution in [0.2, 0.25) is 5.02 Å². The average molecular weight is 333 g/mol. The molecule has 0 aliphatic rings. The first kappa shape index (κ1) is 16.5. The van der Waals surface area contributed by atoms with Gasteiger partial charge >= 0.3 is 0 Å². The summed E-state index contributed by atoms with van der Waals surface area (Å²) in [6.45, 7) is 4.74. The highest BCUT2D eigenvalue weighted by atomic mass is 35.5. The summed E-state index contributed by atoms with van der Waals surface area (Å²) in [6, 6.07) is 3.07. The Morgan fingerprint density at radius 1 is 1.38 bits per heavy atom. The van der Waals surface area contributed by atoms with Crippen LogP contribution in [0.1, 0.15) is 25.7 Å². The number of aryl methyl sites for hydroxylation is 1. The summed E-state index contributed by atoms with van der Waals surface area (Å²) in [5.74, 6) is 1.16. The standard InChI is InChI=1S/C15H19Cl2FN2O/c1-9(2)14(8-21-3)20-13-7-11(18)10(17)6-12(13)19-15(20)4-5-16/h6-7,9,14H,4-5,8H2,1-3H3. The molecule has 1 aromatic heterocycles. The molecule has 3 nitrogen and oxygen atoms in total. The zero-order valence-electron chi connectivity index (χ0n) is 12.4. The lowest BCUT2D eigenvalue weighted by Gasteiger charge is -2.24. The third-order valence-electron chi connectivity index (χ3n) is 3.56. The molecule has 0 saturated carbocycles. The molecule has 2 aromatic rings. The summed E-state index contributed by atoms with van der Waals surface area (Å²) in [5, 5.41) is 0.0809. The molecule has 0 saturated heterocycles. The topological polar surface area (TPSA) is 27.1 Å². The van der Waals surface area contributed by atoms with Gasteiger partial charge in [0.1, 0.15) is 11.6 Å². The van der Waals surface area contributed by atoms with Gasteiger partial charge in [0.15, 0.2) is 0 Å². The van der Waals surface area contributed by atoms with Crippen LogP contribution in [0.15, 0.2) is 12.1 Å². The minimum atomic E-state index is -0.442. The van der Waals surface area contributed by atoms with Gasteiger partial charge in [0.2, 0.25) is 0 Å². The lowest BCUT2D eigenvalue weighted by atomic mass is 10.0. The number of aromatic nitrogens is 2. The van der Waals surface area contributed by atoms with E-state index in [-0.39, 0.29) is 11.1 Å². The van der Waals surface area contributed by atoms with E-state index in [2.05, 4.69) is 18.8 Å². The summed E-state index contributed by atoms with van der Waals surface area (Å²) < 4.78 is 21.2. The molecule has 0 bridgehead atoms. The molecule has 2 rings (SSSR count). The van der Waals surface area contributed by atoms with Crippen LogP contribution in [-0.2, 0) is 11.2 Å². The maximum atomic E-state index is 13.8. The summed E-state index contributed by atoms with van der Waals surface area (Å²) in [7, 11) is 1.66. The predicted octanol–water partition coefficient (Wildman–Crippen LogP) is 4.45. The number of halogens is 3. The van der Waals surface area contributed by atoms with Crippen molar-refractivity contribution in [3.8, 4) is 0 Å². The van der Waals surface area contributed by atoms with Crippen molar-refractivity contribution in [3.63, 3.8) is 0 Å². The van der Waals surface area contributed by atoms with E-state index in [4.69, 9.17) is 27.9 Å². The number of alkyl halides is 1. The van der Waals surface area contributed by atoms with Crippen LogP contribution in [0, 0.1) is 11.7 Å². The molecule has 21 heavy (non-hydrogen) atoms. The van der Waals surface area contributed by atoms with Crippen molar-refractivity contribution in [2.24, 2.45) is 5.92 Å². The van der Waals surface area contributed by atoms with Crippen LogP contribution in [0.4, 0.5) is 4.39 Å². The van der Waals surface area contributed by atoms with E-state index in [0.717, 1.165) is 11.3 Å². The third-order valence-corrected chi connectivity index (χ3v) is 4.04. The Labute approximate surface area is 134 Å². The summed E-state index contributed by atoms with van der Waals surface area (Å²) >= 11 is 11.7. The Bertz CT molecular complexity index is 628. The minimum Gasteiger partial charge on any atom is -0.383 e. The number of methoxy groups -OCH3 is 1. The third kappa shape index (κ3) is 3.33. The summed E-state index contributed by atoms with van der Waals surface area (Å²) in [6.07, 6.45) is 0.613. The maximum Gasteiger partial charge on any atom is 0.144 e. The fraction of sp³-hybridized carbons (Fsp3) is 0.533. The molecule has 1 heterocycles. The van der Waals surface area contributed by atoms with E-state index in [0.29, 0.717) is 30.3 Å². The first-order valence-electron chi connectivity index (χ1n) is 6.90. The van der Waals surface area contributed by atoms with Gasteiger partial charge < -0.3 is 9.30 Å². The average Bonchev–Trinajstić information content (AvgIpc) is 2.74. The van der Waals surface area contributed by atoms with Gasteiger partial charge in [0.25, 0.3) is 0 Å². The Hall–Kier alpha value is -0.840. The fourth-order valence-electron chi connectivity index (χ4n) is 2.51. The highest BCUT2D eigenvalue weighted by Gasteiger charge is 2.22. The Morgan fingerprint density at radius 2 is 2.10 bits per heavy atom. The first-order valence-corrected chi connectivity index (χ1v) is 7.81. The van der Waals surface area contributed by atoms with Crippen LogP contribution >= 0.6 is 23.2 Å². The van der Waals surface area contributed by atoms with Gasteiger partial charge in [-0.15, -0.1) is 11.6 Å². The molecule has 0 amide bonds. The van der Waals surface area contributed by atoms with E-state index in [1.54, 1.807) is 13.2 Å². The molecule has 0 radical (unpaired) electrons. The van der Waals surface area contributed by atoms with E-state index >= 15 is 0 Å². The monoisotopic (exact) mass is 332 g/mol. The molecule has 1 unspecified atom stereocenters. The second-order valence-corrected chi connectivity index (χ2v) is 6.14. The van der Waals surface area contributed by atoms with Gasteiger partial charge in [0, 0.05) is 25.5 Å². The van der Waals surface area contributed by atoms with Gasteiger partial charge in [-0.2, -0.15) is 0 Å². The van der Waals surface area contributed by atoms with Crippen LogP contribution in [-0.4, -0.2) is 29.1 Å². The van der Waals surface area contributed by atoms with Crippen molar-refractivity contribution in [2.75, 3.05) is 19.6 Å². The number of hydrogen-bond donors (Lipinski definition) is 0. The molecule has 1 aromatic carbocycles. The molecule has 0 aliphatic heterocycles.